The van der Waals surface area contributed by atoms with E-state index in [1.54, 1.807) is 0 Å². The molecule has 3 rings (SSSR count). The minimum atomic E-state index is -2.76. The number of nitrogens with two attached hydrogens (primary N) is 1. The number of halogens is 3. The van der Waals surface area contributed by atoms with E-state index in [9.17, 15) is 13.6 Å². The predicted molar refractivity (Wildman–Crippen MR) is 81.5 cm³/mol. The summed E-state index contributed by atoms with van der Waals surface area (Å²) in [5, 5.41) is -0.410. The van der Waals surface area contributed by atoms with Crippen LogP contribution < -0.4 is 10.5 Å². The van der Waals surface area contributed by atoms with E-state index in [0.29, 0.717) is 30.3 Å². The molecular formula is C12H11ClF2N6O2S. The number of alkyl halides is 2. The second-order valence-corrected chi connectivity index (χ2v) is 6.31. The molecule has 2 aromatic heterocycles. The second-order valence-electron chi connectivity index (χ2n) is 4.92. The Labute approximate surface area is 143 Å². The van der Waals surface area contributed by atoms with Crippen molar-refractivity contribution in [3.63, 3.8) is 0 Å². The van der Waals surface area contributed by atoms with E-state index in [0.717, 1.165) is 0 Å². The SMILES string of the molecule is COc1nc(N)nc(C2CN(C(=O)c3nc(Cl)c(C(F)F)s3)C2)n1. The average molecular weight is 377 g/mol. The van der Waals surface area contributed by atoms with Gasteiger partial charge in [-0.15, -0.1) is 11.3 Å². The van der Waals surface area contributed by atoms with Crippen molar-refractivity contribution in [3.8, 4) is 6.01 Å². The number of carbonyl (C=O) groups excluding carboxylic acids is 1. The minimum absolute atomic E-state index is 0.0231. The summed E-state index contributed by atoms with van der Waals surface area (Å²) in [7, 11) is 1.40. The molecule has 2 N–H and O–H groups in total. The smallest absolute Gasteiger partial charge is 0.321 e. The maximum Gasteiger partial charge on any atom is 0.321 e. The van der Waals surface area contributed by atoms with Gasteiger partial charge >= 0.3 is 6.01 Å². The van der Waals surface area contributed by atoms with Gasteiger partial charge in [-0.05, 0) is 0 Å². The second kappa shape index (κ2) is 6.40. The molecular weight excluding hydrogens is 366 g/mol. The third-order valence-electron chi connectivity index (χ3n) is 3.36. The summed E-state index contributed by atoms with van der Waals surface area (Å²) in [5.74, 6) is -0.166. The molecule has 0 spiro atoms. The zero-order chi connectivity index (χ0) is 17.4. The number of hydrogen-bond donors (Lipinski definition) is 1. The third-order valence-corrected chi connectivity index (χ3v) is 4.81. The summed E-state index contributed by atoms with van der Waals surface area (Å²) in [6, 6.07) is 0.0931. The summed E-state index contributed by atoms with van der Waals surface area (Å²) in [5.41, 5.74) is 5.57. The number of rotatable bonds is 4. The fourth-order valence-electron chi connectivity index (χ4n) is 2.14. The molecule has 0 bridgehead atoms. The molecule has 8 nitrogen and oxygen atoms in total. The molecule has 0 aliphatic carbocycles. The molecule has 1 fully saturated rings. The lowest BCUT2D eigenvalue weighted by Crippen LogP contribution is -2.49. The number of aromatic nitrogens is 4. The van der Waals surface area contributed by atoms with Gasteiger partial charge in [0.05, 0.1) is 13.0 Å². The maximum atomic E-state index is 12.7. The van der Waals surface area contributed by atoms with Crippen LogP contribution in [0.25, 0.3) is 0 Å². The van der Waals surface area contributed by atoms with Gasteiger partial charge in [0.25, 0.3) is 12.3 Å². The molecule has 12 heteroatoms. The normalized spacial score (nSPS) is 14.8. The molecule has 2 aromatic rings. The van der Waals surface area contributed by atoms with Crippen LogP contribution in [0.1, 0.15) is 32.8 Å². The van der Waals surface area contributed by atoms with Crippen molar-refractivity contribution in [1.29, 1.82) is 0 Å². The Hall–Kier alpha value is -2.14. The first-order valence-corrected chi connectivity index (χ1v) is 7.87. The van der Waals surface area contributed by atoms with E-state index in [2.05, 4.69) is 19.9 Å². The van der Waals surface area contributed by atoms with Crippen molar-refractivity contribution in [2.45, 2.75) is 12.3 Å². The quantitative estimate of drug-likeness (QED) is 0.866. The van der Waals surface area contributed by atoms with Crippen LogP contribution in [-0.4, -0.2) is 50.9 Å². The van der Waals surface area contributed by atoms with E-state index < -0.39 is 17.2 Å². The fraction of sp³-hybridized carbons (Fsp3) is 0.417. The molecule has 1 saturated heterocycles. The summed E-state index contributed by atoms with van der Waals surface area (Å²) in [6.07, 6.45) is -2.76. The van der Waals surface area contributed by atoms with Gasteiger partial charge in [-0.1, -0.05) is 11.6 Å². The molecule has 3 heterocycles. The van der Waals surface area contributed by atoms with Gasteiger partial charge < -0.3 is 15.4 Å². The highest BCUT2D eigenvalue weighted by molar-refractivity contribution is 7.14. The van der Waals surface area contributed by atoms with Crippen LogP contribution in [-0.2, 0) is 0 Å². The summed E-state index contributed by atoms with van der Waals surface area (Å²) < 4.78 is 30.3. The van der Waals surface area contributed by atoms with Gasteiger partial charge in [0, 0.05) is 13.1 Å². The molecule has 0 saturated carbocycles. The van der Waals surface area contributed by atoms with Gasteiger partial charge in [-0.3, -0.25) is 4.79 Å². The molecule has 0 aromatic carbocycles. The van der Waals surface area contributed by atoms with Crippen molar-refractivity contribution < 1.29 is 18.3 Å². The first kappa shape index (κ1) is 16.7. The van der Waals surface area contributed by atoms with Crippen LogP contribution in [0, 0.1) is 0 Å². The Kier molecular flexibility index (Phi) is 4.45. The number of amides is 1. The molecule has 128 valence electrons. The molecule has 1 aliphatic rings. The Bertz CT molecular complexity index is 783. The van der Waals surface area contributed by atoms with Crippen LogP contribution in [0.4, 0.5) is 14.7 Å². The first-order chi connectivity index (χ1) is 11.4. The third kappa shape index (κ3) is 3.08. The van der Waals surface area contributed by atoms with Crippen molar-refractivity contribution in [2.75, 3.05) is 25.9 Å². The Morgan fingerprint density at radius 2 is 2.08 bits per heavy atom. The highest BCUT2D eigenvalue weighted by Gasteiger charge is 2.36. The van der Waals surface area contributed by atoms with Crippen molar-refractivity contribution in [2.24, 2.45) is 0 Å². The van der Waals surface area contributed by atoms with Crippen molar-refractivity contribution >= 4 is 34.8 Å². The molecule has 1 aliphatic heterocycles. The van der Waals surface area contributed by atoms with Gasteiger partial charge in [-0.2, -0.15) is 15.0 Å². The highest BCUT2D eigenvalue weighted by atomic mass is 35.5. The van der Waals surface area contributed by atoms with E-state index >= 15 is 0 Å². The molecule has 0 unspecified atom stereocenters. The van der Waals surface area contributed by atoms with Crippen LogP contribution >= 0.6 is 22.9 Å². The number of hydrogen-bond acceptors (Lipinski definition) is 8. The number of nitrogen functional groups attached to an aromatic ring is 1. The predicted octanol–water partition coefficient (Wildman–Crippen LogP) is 1.75. The van der Waals surface area contributed by atoms with Crippen LogP contribution in [0.2, 0.25) is 5.15 Å². The van der Waals surface area contributed by atoms with E-state index in [1.807, 2.05) is 0 Å². The largest absolute Gasteiger partial charge is 0.467 e. The number of methoxy groups -OCH3 is 1. The molecule has 0 radical (unpaired) electrons. The zero-order valence-electron chi connectivity index (χ0n) is 12.2. The zero-order valence-corrected chi connectivity index (χ0v) is 13.8. The number of likely N-dealkylation sites (tertiary alicyclic amines) is 1. The number of ether oxygens (including phenoxy) is 1. The number of anilines is 1. The van der Waals surface area contributed by atoms with Gasteiger partial charge in [-0.25, -0.2) is 13.8 Å². The number of nitrogens with zero attached hydrogens (tertiary/aromatic N) is 5. The number of thiazole rings is 1. The van der Waals surface area contributed by atoms with E-state index in [4.69, 9.17) is 22.1 Å². The Morgan fingerprint density at radius 1 is 1.38 bits per heavy atom. The lowest BCUT2D eigenvalue weighted by molar-refractivity contribution is 0.0593. The highest BCUT2D eigenvalue weighted by Crippen LogP contribution is 2.34. The van der Waals surface area contributed by atoms with Crippen LogP contribution in [0.3, 0.4) is 0 Å². The van der Waals surface area contributed by atoms with Crippen LogP contribution in [0.5, 0.6) is 6.01 Å². The lowest BCUT2D eigenvalue weighted by atomic mass is 9.99. The molecule has 0 atom stereocenters. The first-order valence-electron chi connectivity index (χ1n) is 6.68. The van der Waals surface area contributed by atoms with Gasteiger partial charge in [0.1, 0.15) is 15.9 Å². The van der Waals surface area contributed by atoms with Gasteiger partial charge in [0.2, 0.25) is 5.95 Å². The Morgan fingerprint density at radius 3 is 2.67 bits per heavy atom. The van der Waals surface area contributed by atoms with Crippen molar-refractivity contribution in [3.05, 3.63) is 20.9 Å². The summed E-state index contributed by atoms with van der Waals surface area (Å²) in [6.45, 7) is 0.624. The average Bonchev–Trinajstić information content (AvgIpc) is 2.87. The summed E-state index contributed by atoms with van der Waals surface area (Å²) >= 11 is 6.21. The lowest BCUT2D eigenvalue weighted by Gasteiger charge is -2.37. The van der Waals surface area contributed by atoms with Crippen molar-refractivity contribution in [1.82, 2.24) is 24.8 Å². The topological polar surface area (TPSA) is 107 Å². The maximum absolute atomic E-state index is 12.7. The summed E-state index contributed by atoms with van der Waals surface area (Å²) in [4.78, 5) is 28.9. The monoisotopic (exact) mass is 376 g/mol. The van der Waals surface area contributed by atoms with E-state index in [1.165, 1.54) is 12.0 Å². The Balaban J connectivity index is 1.69. The molecule has 1 amide bonds. The fourth-order valence-corrected chi connectivity index (χ4v) is 3.26. The standard InChI is InChI=1S/C12H11ClF2N6O2S/c1-23-12-19-8(18-11(16)20-12)4-2-21(3-4)10(22)9-17-6(13)5(24-9)7(14)15/h4,7H,2-3H2,1H3,(H2,16,18,19,20). The van der Waals surface area contributed by atoms with Gasteiger partial charge in [0.15, 0.2) is 5.01 Å². The van der Waals surface area contributed by atoms with E-state index in [-0.39, 0.29) is 28.0 Å². The minimum Gasteiger partial charge on any atom is -0.467 e. The molecule has 24 heavy (non-hydrogen) atoms. The van der Waals surface area contributed by atoms with Crippen LogP contribution in [0.15, 0.2) is 0 Å². The number of carbonyl (C=O) groups is 1.